The first-order chi connectivity index (χ1) is 7.54. The minimum Gasteiger partial charge on any atom is -0.488 e. The van der Waals surface area contributed by atoms with Crippen LogP contribution in [0.2, 0.25) is 0 Å². The maximum absolute atomic E-state index is 9.44. The molecule has 2 atom stereocenters. The van der Waals surface area contributed by atoms with E-state index >= 15 is 0 Å². The van der Waals surface area contributed by atoms with Gasteiger partial charge in [0, 0.05) is 7.11 Å². The molecule has 0 aliphatic carbocycles. The van der Waals surface area contributed by atoms with Crippen LogP contribution < -0.4 is 4.74 Å². The summed E-state index contributed by atoms with van der Waals surface area (Å²) in [5.41, 5.74) is 1.94. The van der Waals surface area contributed by atoms with Crippen molar-refractivity contribution < 1.29 is 14.6 Å². The van der Waals surface area contributed by atoms with Crippen molar-refractivity contribution in [1.82, 2.24) is 0 Å². The van der Waals surface area contributed by atoms with E-state index in [9.17, 15) is 5.11 Å². The molecule has 1 aromatic carbocycles. The first kappa shape index (κ1) is 13.0. The Hall–Kier alpha value is -1.06. The van der Waals surface area contributed by atoms with Crippen LogP contribution in [0.3, 0.4) is 0 Å². The van der Waals surface area contributed by atoms with Crippen LogP contribution in [0, 0.1) is 6.92 Å². The van der Waals surface area contributed by atoms with E-state index in [1.807, 2.05) is 32.0 Å². The Morgan fingerprint density at radius 2 is 2.00 bits per heavy atom. The van der Waals surface area contributed by atoms with Gasteiger partial charge in [0.1, 0.15) is 11.9 Å². The van der Waals surface area contributed by atoms with Crippen LogP contribution in [0.5, 0.6) is 5.75 Å². The van der Waals surface area contributed by atoms with E-state index in [0.717, 1.165) is 16.9 Å². The van der Waals surface area contributed by atoms with Crippen molar-refractivity contribution in [2.45, 2.75) is 33.0 Å². The average molecular weight is 224 g/mol. The van der Waals surface area contributed by atoms with Gasteiger partial charge in [-0.2, -0.15) is 0 Å². The van der Waals surface area contributed by atoms with Gasteiger partial charge in [-0.25, -0.2) is 0 Å². The molecule has 0 saturated carbocycles. The molecule has 2 unspecified atom stereocenters. The molecule has 16 heavy (non-hydrogen) atoms. The van der Waals surface area contributed by atoms with E-state index < -0.39 is 6.10 Å². The lowest BCUT2D eigenvalue weighted by molar-refractivity contribution is 0.0915. The van der Waals surface area contributed by atoms with Gasteiger partial charge in [-0.3, -0.25) is 0 Å². The Morgan fingerprint density at radius 1 is 1.31 bits per heavy atom. The molecule has 3 nitrogen and oxygen atoms in total. The van der Waals surface area contributed by atoms with Gasteiger partial charge in [-0.15, -0.1) is 0 Å². The Bertz CT molecular complexity index is 334. The van der Waals surface area contributed by atoms with Crippen LogP contribution in [-0.2, 0) is 4.74 Å². The highest BCUT2D eigenvalue weighted by atomic mass is 16.5. The zero-order chi connectivity index (χ0) is 12.1. The van der Waals surface area contributed by atoms with Gasteiger partial charge in [0.25, 0.3) is 0 Å². The van der Waals surface area contributed by atoms with Crippen molar-refractivity contribution in [2.24, 2.45) is 0 Å². The summed E-state index contributed by atoms with van der Waals surface area (Å²) in [5, 5.41) is 9.44. The normalized spacial score (nSPS) is 14.6. The van der Waals surface area contributed by atoms with E-state index in [1.54, 1.807) is 14.0 Å². The molecule has 0 saturated heterocycles. The molecule has 0 heterocycles. The van der Waals surface area contributed by atoms with E-state index in [0.29, 0.717) is 6.61 Å². The Labute approximate surface area is 97.0 Å². The lowest BCUT2D eigenvalue weighted by Crippen LogP contribution is -2.18. The molecule has 1 rings (SSSR count). The molecule has 0 amide bonds. The van der Waals surface area contributed by atoms with Crippen molar-refractivity contribution in [2.75, 3.05) is 13.7 Å². The fraction of sp³-hybridized carbons (Fsp3) is 0.538. The number of aliphatic hydroxyl groups excluding tert-OH is 1. The molecule has 1 N–H and O–H groups in total. The highest BCUT2D eigenvalue weighted by molar-refractivity contribution is 5.37. The average Bonchev–Trinajstić information content (AvgIpc) is 2.21. The van der Waals surface area contributed by atoms with Crippen molar-refractivity contribution in [1.29, 1.82) is 0 Å². The third-order valence-electron chi connectivity index (χ3n) is 2.41. The number of hydrogen-bond donors (Lipinski definition) is 1. The molecule has 90 valence electrons. The Balaban J connectivity index is 2.75. The predicted molar refractivity (Wildman–Crippen MR) is 63.8 cm³/mol. The second-order valence-electron chi connectivity index (χ2n) is 4.08. The highest BCUT2D eigenvalue weighted by Gasteiger charge is 2.08. The van der Waals surface area contributed by atoms with Gasteiger partial charge in [0.2, 0.25) is 0 Å². The summed E-state index contributed by atoms with van der Waals surface area (Å²) >= 11 is 0. The van der Waals surface area contributed by atoms with Crippen molar-refractivity contribution in [3.63, 3.8) is 0 Å². The molecule has 0 fully saturated rings. The smallest absolute Gasteiger partial charge is 0.122 e. The fourth-order valence-electron chi connectivity index (χ4n) is 1.55. The molecule has 0 aliphatic heterocycles. The third kappa shape index (κ3) is 3.51. The highest BCUT2D eigenvalue weighted by Crippen LogP contribution is 2.23. The molecule has 0 radical (unpaired) electrons. The molecule has 1 aromatic rings. The van der Waals surface area contributed by atoms with E-state index in [1.165, 1.54) is 0 Å². The number of aryl methyl sites for hydroxylation is 1. The minimum atomic E-state index is -0.441. The van der Waals surface area contributed by atoms with Gasteiger partial charge < -0.3 is 14.6 Å². The Kier molecular flexibility index (Phi) is 4.77. The lowest BCUT2D eigenvalue weighted by atomic mass is 10.1. The minimum absolute atomic E-state index is 0.0288. The molecular weight excluding hydrogens is 204 g/mol. The van der Waals surface area contributed by atoms with E-state index in [-0.39, 0.29) is 6.10 Å². The van der Waals surface area contributed by atoms with Crippen LogP contribution in [0.4, 0.5) is 0 Å². The summed E-state index contributed by atoms with van der Waals surface area (Å²) in [6, 6.07) is 5.72. The number of hydrogen-bond acceptors (Lipinski definition) is 3. The summed E-state index contributed by atoms with van der Waals surface area (Å²) in [6.45, 7) is 6.26. The predicted octanol–water partition coefficient (Wildman–Crippen LogP) is 2.46. The molecule has 0 bridgehead atoms. The second-order valence-corrected chi connectivity index (χ2v) is 4.08. The van der Waals surface area contributed by atoms with Crippen LogP contribution in [0.25, 0.3) is 0 Å². The lowest BCUT2D eigenvalue weighted by Gasteiger charge is -2.16. The largest absolute Gasteiger partial charge is 0.488 e. The number of benzene rings is 1. The topological polar surface area (TPSA) is 38.7 Å². The monoisotopic (exact) mass is 224 g/mol. The van der Waals surface area contributed by atoms with Crippen LogP contribution in [-0.4, -0.2) is 24.9 Å². The SMILES string of the molecule is COCC(C)Oc1ccc(C(C)O)cc1C. The van der Waals surface area contributed by atoms with Crippen molar-refractivity contribution >= 4 is 0 Å². The van der Waals surface area contributed by atoms with Crippen LogP contribution in [0.15, 0.2) is 18.2 Å². The second kappa shape index (κ2) is 5.87. The standard InChI is InChI=1S/C13H20O3/c1-9-7-12(11(3)14)5-6-13(9)16-10(2)8-15-4/h5-7,10-11,14H,8H2,1-4H3. The molecule has 0 aliphatic rings. The van der Waals surface area contributed by atoms with Gasteiger partial charge in [-0.1, -0.05) is 6.07 Å². The summed E-state index contributed by atoms with van der Waals surface area (Å²) in [6.07, 6.45) is -0.412. The molecule has 0 aromatic heterocycles. The summed E-state index contributed by atoms with van der Waals surface area (Å²) in [5.74, 6) is 0.842. The molecular formula is C13H20O3. The maximum atomic E-state index is 9.44. The molecule has 0 spiro atoms. The quantitative estimate of drug-likeness (QED) is 0.835. The fourth-order valence-corrected chi connectivity index (χ4v) is 1.55. The zero-order valence-electron chi connectivity index (χ0n) is 10.4. The zero-order valence-corrected chi connectivity index (χ0v) is 10.4. The first-order valence-corrected chi connectivity index (χ1v) is 5.48. The summed E-state index contributed by atoms with van der Waals surface area (Å²) in [4.78, 5) is 0. The maximum Gasteiger partial charge on any atom is 0.122 e. The summed E-state index contributed by atoms with van der Waals surface area (Å²) < 4.78 is 10.7. The number of aliphatic hydroxyl groups is 1. The van der Waals surface area contributed by atoms with Gasteiger partial charge >= 0.3 is 0 Å². The van der Waals surface area contributed by atoms with Gasteiger partial charge in [0.05, 0.1) is 12.7 Å². The van der Waals surface area contributed by atoms with Gasteiger partial charge in [0.15, 0.2) is 0 Å². The van der Waals surface area contributed by atoms with E-state index in [2.05, 4.69) is 0 Å². The van der Waals surface area contributed by atoms with Crippen LogP contribution in [0.1, 0.15) is 31.1 Å². The van der Waals surface area contributed by atoms with Crippen molar-refractivity contribution in [3.05, 3.63) is 29.3 Å². The summed E-state index contributed by atoms with van der Waals surface area (Å²) in [7, 11) is 1.66. The Morgan fingerprint density at radius 3 is 2.50 bits per heavy atom. The van der Waals surface area contributed by atoms with Gasteiger partial charge in [-0.05, 0) is 44.0 Å². The number of methoxy groups -OCH3 is 1. The molecule has 3 heteroatoms. The first-order valence-electron chi connectivity index (χ1n) is 5.48. The van der Waals surface area contributed by atoms with Crippen LogP contribution >= 0.6 is 0 Å². The third-order valence-corrected chi connectivity index (χ3v) is 2.41. The van der Waals surface area contributed by atoms with E-state index in [4.69, 9.17) is 9.47 Å². The van der Waals surface area contributed by atoms with Crippen molar-refractivity contribution in [3.8, 4) is 5.75 Å². The number of rotatable bonds is 5. The number of ether oxygens (including phenoxy) is 2.